The number of piperidine rings is 1. The van der Waals surface area contributed by atoms with Gasteiger partial charge < -0.3 is 44.4 Å². The zero-order chi connectivity index (χ0) is 47.7. The first-order valence-electron chi connectivity index (χ1n) is 20.9. The van der Waals surface area contributed by atoms with Crippen LogP contribution < -0.4 is 31.6 Å². The Labute approximate surface area is 380 Å². The highest BCUT2D eigenvalue weighted by Crippen LogP contribution is 2.45. The first kappa shape index (κ1) is 46.4. The van der Waals surface area contributed by atoms with Crippen LogP contribution in [0.2, 0.25) is 0 Å². The molecule has 2 aromatic carbocycles. The number of fused-ring (bicyclic) bond motifs is 3. The standard InChI is InChI=1S/C44H44F2N8O12S/c1-52-21-29-28-15-23(22-67(2,61)62)27(17-32(28)53(39-30(46)16-25(45)19-50-39)20-24-18-49-38(35(24)29)44(52)60)40(56)48-7-8-63-9-10-64-11-12-65-13-14-66-33-5-3-26-36(37(33)47)43(59)54(42(26)58)31-4-6-34(55)51-41(31)57/h3,5,15-19,21,31,49H,4,6-14,20,22,47H2,1-2H3,(H,48,56)(H,51,55,57). The molecule has 3 aromatic heterocycles. The lowest BCUT2D eigenvalue weighted by atomic mass is 9.96. The molecule has 0 aliphatic carbocycles. The second-order valence-electron chi connectivity index (χ2n) is 16.0. The molecular formula is C44H44F2N8O12S. The number of pyridine rings is 2. The Morgan fingerprint density at radius 2 is 1.66 bits per heavy atom. The van der Waals surface area contributed by atoms with Crippen molar-refractivity contribution in [1.82, 2.24) is 30.1 Å². The molecule has 3 aliphatic heterocycles. The fourth-order valence-corrected chi connectivity index (χ4v) is 9.08. The van der Waals surface area contributed by atoms with Gasteiger partial charge in [0, 0.05) is 66.8 Å². The van der Waals surface area contributed by atoms with Gasteiger partial charge in [-0.05, 0) is 41.8 Å². The van der Waals surface area contributed by atoms with Crippen molar-refractivity contribution < 1.29 is 60.1 Å². The second-order valence-corrected chi connectivity index (χ2v) is 18.1. The summed E-state index contributed by atoms with van der Waals surface area (Å²) in [6.45, 7) is 0.994. The number of aromatic nitrogens is 3. The number of ether oxygens (including phenoxy) is 4. The molecule has 0 saturated carbocycles. The molecule has 67 heavy (non-hydrogen) atoms. The van der Waals surface area contributed by atoms with Gasteiger partial charge in [-0.15, -0.1) is 0 Å². The smallest absolute Gasteiger partial charge is 0.274 e. The van der Waals surface area contributed by atoms with E-state index in [1.165, 1.54) is 33.7 Å². The summed E-state index contributed by atoms with van der Waals surface area (Å²) in [7, 11) is -2.14. The minimum absolute atomic E-state index is 0.0118. The van der Waals surface area contributed by atoms with Crippen LogP contribution in [0.3, 0.4) is 0 Å². The minimum Gasteiger partial charge on any atom is -0.489 e. The average Bonchev–Trinajstić information content (AvgIpc) is 3.76. The number of hydrogen-bond acceptors (Lipinski definition) is 15. The molecular weight excluding hydrogens is 903 g/mol. The van der Waals surface area contributed by atoms with E-state index in [-0.39, 0.29) is 128 Å². The van der Waals surface area contributed by atoms with Crippen LogP contribution in [0.15, 0.2) is 53.7 Å². The summed E-state index contributed by atoms with van der Waals surface area (Å²) in [4.78, 5) is 86.3. The summed E-state index contributed by atoms with van der Waals surface area (Å²) in [5.74, 6) is -5.78. The monoisotopic (exact) mass is 946 g/mol. The third-order valence-electron chi connectivity index (χ3n) is 11.3. The Morgan fingerprint density at radius 1 is 0.940 bits per heavy atom. The Morgan fingerprint density at radius 3 is 2.36 bits per heavy atom. The quantitative estimate of drug-likeness (QED) is 0.0558. The van der Waals surface area contributed by atoms with E-state index < -0.39 is 62.8 Å². The van der Waals surface area contributed by atoms with E-state index in [9.17, 15) is 41.6 Å². The average molecular weight is 947 g/mol. The Hall–Kier alpha value is -7.08. The SMILES string of the molecule is Cn1cc2c3c(c[nH]c3c1=O)CN(c1ncc(F)cc1F)c1cc(C(=O)NCCOCCOCCOCCOc3ccc4c(c3N)C(=O)N(C3CCC(=O)NC3=O)C4=O)c(CS(C)(=O)=O)cc1-2. The predicted octanol–water partition coefficient (Wildman–Crippen LogP) is 2.25. The lowest BCUT2D eigenvalue weighted by Gasteiger charge is -2.27. The largest absolute Gasteiger partial charge is 0.489 e. The van der Waals surface area contributed by atoms with Gasteiger partial charge in [0.15, 0.2) is 21.5 Å². The second kappa shape index (κ2) is 19.0. The topological polar surface area (TPSA) is 264 Å². The van der Waals surface area contributed by atoms with Crippen molar-refractivity contribution in [3.05, 3.63) is 98.7 Å². The highest BCUT2D eigenvalue weighted by Gasteiger charge is 2.46. The summed E-state index contributed by atoms with van der Waals surface area (Å²) in [6.07, 6.45) is 5.08. The summed E-state index contributed by atoms with van der Waals surface area (Å²) >= 11 is 0. The number of hydrogen-bond donors (Lipinski definition) is 4. The molecule has 0 spiro atoms. The summed E-state index contributed by atoms with van der Waals surface area (Å²) < 4.78 is 78.6. The van der Waals surface area contributed by atoms with E-state index in [0.717, 1.165) is 17.4 Å². The van der Waals surface area contributed by atoms with Crippen molar-refractivity contribution in [1.29, 1.82) is 0 Å². The van der Waals surface area contributed by atoms with E-state index in [1.807, 2.05) is 0 Å². The van der Waals surface area contributed by atoms with E-state index in [0.29, 0.717) is 28.1 Å². The molecule has 0 bridgehead atoms. The highest BCUT2D eigenvalue weighted by atomic mass is 32.2. The first-order valence-corrected chi connectivity index (χ1v) is 23.0. The highest BCUT2D eigenvalue weighted by molar-refractivity contribution is 7.89. The maximum atomic E-state index is 15.4. The zero-order valence-electron chi connectivity index (χ0n) is 36.1. The van der Waals surface area contributed by atoms with Gasteiger partial charge in [0.1, 0.15) is 29.7 Å². The first-order chi connectivity index (χ1) is 32.0. The number of carbonyl (C=O) groups is 5. The molecule has 1 saturated heterocycles. The van der Waals surface area contributed by atoms with Crippen molar-refractivity contribution in [2.75, 3.05) is 69.7 Å². The van der Waals surface area contributed by atoms with Crippen molar-refractivity contribution >= 4 is 67.5 Å². The number of nitrogens with zero attached hydrogens (tertiary/aromatic N) is 4. The molecule has 5 aromatic rings. The van der Waals surface area contributed by atoms with E-state index >= 15 is 4.39 Å². The molecule has 20 nitrogen and oxygen atoms in total. The molecule has 5 amide bonds. The number of anilines is 3. The molecule has 23 heteroatoms. The van der Waals surface area contributed by atoms with Crippen molar-refractivity contribution in [3.63, 3.8) is 0 Å². The number of benzene rings is 2. The fraction of sp³-hybridized carbons (Fsp3) is 0.341. The van der Waals surface area contributed by atoms with Crippen LogP contribution in [-0.4, -0.2) is 122 Å². The molecule has 6 heterocycles. The molecule has 352 valence electrons. The molecule has 1 atom stereocenters. The number of aromatic amines is 1. The van der Waals surface area contributed by atoms with Gasteiger partial charge in [0.2, 0.25) is 11.8 Å². The van der Waals surface area contributed by atoms with Crippen LogP contribution in [0.5, 0.6) is 5.75 Å². The number of nitrogen functional groups attached to an aromatic ring is 1. The van der Waals surface area contributed by atoms with Crippen LogP contribution in [0, 0.1) is 11.6 Å². The number of imide groups is 2. The zero-order valence-corrected chi connectivity index (χ0v) is 36.9. The Bertz CT molecular complexity index is 3030. The van der Waals surface area contributed by atoms with Crippen LogP contribution >= 0.6 is 0 Å². The van der Waals surface area contributed by atoms with E-state index in [2.05, 4.69) is 20.6 Å². The van der Waals surface area contributed by atoms with Crippen LogP contribution in [0.4, 0.5) is 26.0 Å². The third-order valence-corrected chi connectivity index (χ3v) is 12.1. The summed E-state index contributed by atoms with van der Waals surface area (Å²) in [5, 5.41) is 5.41. The number of nitrogens with one attached hydrogen (secondary N) is 3. The molecule has 5 N–H and O–H groups in total. The normalized spacial score (nSPS) is 15.7. The van der Waals surface area contributed by atoms with Gasteiger partial charge in [-0.2, -0.15) is 0 Å². The van der Waals surface area contributed by atoms with Crippen molar-refractivity contribution in [2.45, 2.75) is 31.2 Å². The van der Waals surface area contributed by atoms with Crippen molar-refractivity contribution in [3.8, 4) is 16.9 Å². The molecule has 0 radical (unpaired) electrons. The van der Waals surface area contributed by atoms with E-state index in [1.54, 1.807) is 19.4 Å². The lowest BCUT2D eigenvalue weighted by Crippen LogP contribution is -2.54. The van der Waals surface area contributed by atoms with Gasteiger partial charge in [0.05, 0.1) is 80.6 Å². The molecule has 1 unspecified atom stereocenters. The van der Waals surface area contributed by atoms with Crippen molar-refractivity contribution in [2.24, 2.45) is 7.05 Å². The Balaban J connectivity index is 0.818. The number of rotatable bonds is 18. The molecule has 3 aliphatic rings. The van der Waals surface area contributed by atoms with Crippen LogP contribution in [-0.2, 0) is 53.0 Å². The summed E-state index contributed by atoms with van der Waals surface area (Å²) in [5.41, 5.74) is 7.94. The number of aryl methyl sites for hydroxylation is 1. The number of nitrogens with two attached hydrogens (primary N) is 1. The van der Waals surface area contributed by atoms with Gasteiger partial charge in [-0.25, -0.2) is 22.2 Å². The Kier molecular flexibility index (Phi) is 13.2. The summed E-state index contributed by atoms with van der Waals surface area (Å²) in [6, 6.07) is 5.37. The predicted molar refractivity (Wildman–Crippen MR) is 235 cm³/mol. The minimum atomic E-state index is -3.70. The maximum absolute atomic E-state index is 15.4. The number of sulfone groups is 1. The van der Waals surface area contributed by atoms with Crippen LogP contribution in [0.25, 0.3) is 22.0 Å². The van der Waals surface area contributed by atoms with Gasteiger partial charge >= 0.3 is 0 Å². The lowest BCUT2D eigenvalue weighted by molar-refractivity contribution is -0.136. The number of amides is 5. The van der Waals surface area contributed by atoms with Gasteiger partial charge in [-0.1, -0.05) is 0 Å². The van der Waals surface area contributed by atoms with Gasteiger partial charge in [-0.3, -0.25) is 39.0 Å². The number of H-pyrrole nitrogens is 1. The number of halogens is 2. The van der Waals surface area contributed by atoms with Crippen LogP contribution in [0.1, 0.15) is 55.0 Å². The van der Waals surface area contributed by atoms with Gasteiger partial charge in [0.25, 0.3) is 23.3 Å². The molecule has 1 fully saturated rings. The van der Waals surface area contributed by atoms with E-state index in [4.69, 9.17) is 24.7 Å². The third kappa shape index (κ3) is 9.48. The number of carbonyl (C=O) groups excluding carboxylic acids is 5. The maximum Gasteiger partial charge on any atom is 0.274 e. The molecule has 8 rings (SSSR count). The fourth-order valence-electron chi connectivity index (χ4n) is 8.27.